The molecule has 1 atom stereocenters. The van der Waals surface area contributed by atoms with Crippen LogP contribution in [0.15, 0.2) is 12.3 Å². The van der Waals surface area contributed by atoms with Crippen LogP contribution in [0.2, 0.25) is 0 Å². The van der Waals surface area contributed by atoms with Crippen LogP contribution in [-0.4, -0.2) is 39.1 Å². The molecule has 2 heterocycles. The van der Waals surface area contributed by atoms with E-state index in [0.29, 0.717) is 31.4 Å². The minimum absolute atomic E-state index is 0.103. The topological polar surface area (TPSA) is 91.0 Å². The number of nitriles is 1. The molecule has 2 aliphatic rings. The highest BCUT2D eigenvalue weighted by molar-refractivity contribution is 5.96. The van der Waals surface area contributed by atoms with Crippen LogP contribution in [-0.2, 0) is 16.1 Å². The van der Waals surface area contributed by atoms with Crippen molar-refractivity contribution in [3.05, 3.63) is 12.3 Å². The standard InChI is InChI=1S/C18H25N5O2/c19-9-5-10-22-11-8-16(21-22)20-18(25)14-12-17(24)23(13-14)15-6-3-1-2-4-7-15/h8,11,14-15H,1-7,10,12-13H2,(H,20,21,25)/t14-/m0/s1. The molecule has 1 aliphatic heterocycles. The van der Waals surface area contributed by atoms with Gasteiger partial charge < -0.3 is 10.2 Å². The molecule has 1 aliphatic carbocycles. The monoisotopic (exact) mass is 343 g/mol. The van der Waals surface area contributed by atoms with Gasteiger partial charge >= 0.3 is 0 Å². The lowest BCUT2D eigenvalue weighted by molar-refractivity contribution is -0.130. The molecular formula is C18H25N5O2. The highest BCUT2D eigenvalue weighted by atomic mass is 16.2. The Morgan fingerprint density at radius 2 is 2.08 bits per heavy atom. The van der Waals surface area contributed by atoms with E-state index in [4.69, 9.17) is 5.26 Å². The average molecular weight is 343 g/mol. The zero-order valence-electron chi connectivity index (χ0n) is 14.5. The molecular weight excluding hydrogens is 318 g/mol. The molecule has 1 aromatic rings. The summed E-state index contributed by atoms with van der Waals surface area (Å²) in [6.07, 6.45) is 9.36. The molecule has 1 saturated carbocycles. The Balaban J connectivity index is 1.55. The maximum atomic E-state index is 12.5. The van der Waals surface area contributed by atoms with Crippen LogP contribution in [0.3, 0.4) is 0 Å². The molecule has 1 aromatic heterocycles. The minimum atomic E-state index is -0.306. The lowest BCUT2D eigenvalue weighted by Crippen LogP contribution is -2.37. The van der Waals surface area contributed by atoms with E-state index < -0.39 is 0 Å². The molecule has 2 fully saturated rings. The summed E-state index contributed by atoms with van der Waals surface area (Å²) in [5.74, 6) is 0.130. The third-order valence-electron chi connectivity index (χ3n) is 5.14. The lowest BCUT2D eigenvalue weighted by atomic mass is 10.1. The number of anilines is 1. The van der Waals surface area contributed by atoms with Gasteiger partial charge in [-0.2, -0.15) is 10.4 Å². The van der Waals surface area contributed by atoms with Crippen molar-refractivity contribution in [3.63, 3.8) is 0 Å². The van der Waals surface area contributed by atoms with E-state index in [0.717, 1.165) is 12.8 Å². The van der Waals surface area contributed by atoms with Crippen molar-refractivity contribution >= 4 is 17.6 Å². The van der Waals surface area contributed by atoms with Gasteiger partial charge in [0.2, 0.25) is 11.8 Å². The van der Waals surface area contributed by atoms with Gasteiger partial charge in [-0.3, -0.25) is 14.3 Å². The molecule has 0 spiro atoms. The number of amides is 2. The van der Waals surface area contributed by atoms with E-state index in [2.05, 4.69) is 16.5 Å². The van der Waals surface area contributed by atoms with Crippen LogP contribution in [0.5, 0.6) is 0 Å². The maximum absolute atomic E-state index is 12.5. The largest absolute Gasteiger partial charge is 0.339 e. The second-order valence-corrected chi connectivity index (χ2v) is 6.95. The Kier molecular flexibility index (Phi) is 5.69. The van der Waals surface area contributed by atoms with Crippen molar-refractivity contribution in [1.29, 1.82) is 5.26 Å². The Hall–Kier alpha value is -2.36. The fraction of sp³-hybridized carbons (Fsp3) is 0.667. The fourth-order valence-corrected chi connectivity index (χ4v) is 3.78. The zero-order valence-corrected chi connectivity index (χ0v) is 14.5. The van der Waals surface area contributed by atoms with Crippen LogP contribution >= 0.6 is 0 Å². The van der Waals surface area contributed by atoms with Gasteiger partial charge in [0.05, 0.1) is 25.0 Å². The summed E-state index contributed by atoms with van der Waals surface area (Å²) in [5, 5.41) is 15.6. The molecule has 1 saturated heterocycles. The number of nitrogens with one attached hydrogen (secondary N) is 1. The van der Waals surface area contributed by atoms with Gasteiger partial charge in [0, 0.05) is 31.3 Å². The normalized spacial score (nSPS) is 21.8. The van der Waals surface area contributed by atoms with Crippen LogP contribution < -0.4 is 5.32 Å². The van der Waals surface area contributed by atoms with Crippen molar-refractivity contribution in [2.45, 2.75) is 64.0 Å². The molecule has 0 aromatic carbocycles. The van der Waals surface area contributed by atoms with Crippen LogP contribution in [0, 0.1) is 17.2 Å². The number of nitrogens with zero attached hydrogens (tertiary/aromatic N) is 4. The molecule has 0 bridgehead atoms. The Labute approximate surface area is 148 Å². The first kappa shape index (κ1) is 17.5. The molecule has 3 rings (SSSR count). The highest BCUT2D eigenvalue weighted by Gasteiger charge is 2.38. The molecule has 2 amide bonds. The summed E-state index contributed by atoms with van der Waals surface area (Å²) in [6.45, 7) is 1.02. The molecule has 0 unspecified atom stereocenters. The number of hydrogen-bond donors (Lipinski definition) is 1. The van der Waals surface area contributed by atoms with Gasteiger partial charge in [-0.05, 0) is 12.8 Å². The average Bonchev–Trinajstić information content (AvgIpc) is 3.11. The van der Waals surface area contributed by atoms with Gasteiger partial charge in [0.1, 0.15) is 0 Å². The van der Waals surface area contributed by atoms with Gasteiger partial charge in [0.25, 0.3) is 0 Å². The zero-order chi connectivity index (χ0) is 17.6. The van der Waals surface area contributed by atoms with Crippen molar-refractivity contribution in [1.82, 2.24) is 14.7 Å². The van der Waals surface area contributed by atoms with Gasteiger partial charge in [0.15, 0.2) is 5.82 Å². The van der Waals surface area contributed by atoms with E-state index in [-0.39, 0.29) is 24.2 Å². The number of likely N-dealkylation sites (tertiary alicyclic amines) is 1. The first-order valence-electron chi connectivity index (χ1n) is 9.18. The van der Waals surface area contributed by atoms with E-state index in [1.807, 2.05) is 4.90 Å². The van der Waals surface area contributed by atoms with E-state index in [1.54, 1.807) is 16.9 Å². The first-order chi connectivity index (χ1) is 12.2. The Morgan fingerprint density at radius 3 is 2.80 bits per heavy atom. The SMILES string of the molecule is N#CCCn1ccc(NC(=O)[C@H]2CC(=O)N(C3CCCCCC3)C2)n1. The smallest absolute Gasteiger partial charge is 0.230 e. The number of aromatic nitrogens is 2. The quantitative estimate of drug-likeness (QED) is 0.831. The third-order valence-corrected chi connectivity index (χ3v) is 5.14. The molecule has 7 nitrogen and oxygen atoms in total. The molecule has 1 N–H and O–H groups in total. The van der Waals surface area contributed by atoms with Gasteiger partial charge in [-0.25, -0.2) is 0 Å². The van der Waals surface area contributed by atoms with Crippen LogP contribution in [0.4, 0.5) is 5.82 Å². The van der Waals surface area contributed by atoms with Crippen molar-refractivity contribution in [2.24, 2.45) is 5.92 Å². The summed E-state index contributed by atoms with van der Waals surface area (Å²) in [4.78, 5) is 26.8. The fourth-order valence-electron chi connectivity index (χ4n) is 3.78. The Morgan fingerprint density at radius 1 is 1.32 bits per heavy atom. The van der Waals surface area contributed by atoms with Gasteiger partial charge in [-0.1, -0.05) is 25.7 Å². The summed E-state index contributed by atoms with van der Waals surface area (Å²) in [6, 6.07) is 4.09. The summed E-state index contributed by atoms with van der Waals surface area (Å²) in [5.41, 5.74) is 0. The Bertz CT molecular complexity index is 655. The van der Waals surface area contributed by atoms with Crippen LogP contribution in [0.1, 0.15) is 51.4 Å². The lowest BCUT2D eigenvalue weighted by Gasteiger charge is -2.27. The summed E-state index contributed by atoms with van der Waals surface area (Å²) >= 11 is 0. The third kappa shape index (κ3) is 4.38. The molecule has 25 heavy (non-hydrogen) atoms. The van der Waals surface area contributed by atoms with Crippen molar-refractivity contribution < 1.29 is 9.59 Å². The molecule has 134 valence electrons. The number of carbonyl (C=O) groups is 2. The highest BCUT2D eigenvalue weighted by Crippen LogP contribution is 2.28. The van der Waals surface area contributed by atoms with Crippen LogP contribution in [0.25, 0.3) is 0 Å². The predicted molar refractivity (Wildman–Crippen MR) is 92.4 cm³/mol. The summed E-state index contributed by atoms with van der Waals surface area (Å²) < 4.78 is 1.64. The number of hydrogen-bond acceptors (Lipinski definition) is 4. The number of rotatable bonds is 5. The minimum Gasteiger partial charge on any atom is -0.339 e. The van der Waals surface area contributed by atoms with Crippen molar-refractivity contribution in [2.75, 3.05) is 11.9 Å². The maximum Gasteiger partial charge on any atom is 0.230 e. The molecule has 0 radical (unpaired) electrons. The second-order valence-electron chi connectivity index (χ2n) is 6.95. The predicted octanol–water partition coefficient (Wildman–Crippen LogP) is 2.31. The van der Waals surface area contributed by atoms with Crippen molar-refractivity contribution in [3.8, 4) is 6.07 Å². The van der Waals surface area contributed by atoms with Gasteiger partial charge in [-0.15, -0.1) is 0 Å². The van der Waals surface area contributed by atoms with E-state index in [9.17, 15) is 9.59 Å². The first-order valence-corrected chi connectivity index (χ1v) is 9.18. The van der Waals surface area contributed by atoms with E-state index >= 15 is 0 Å². The van der Waals surface area contributed by atoms with E-state index in [1.165, 1.54) is 25.7 Å². The number of carbonyl (C=O) groups excluding carboxylic acids is 2. The molecule has 7 heteroatoms. The summed E-state index contributed by atoms with van der Waals surface area (Å²) in [7, 11) is 0. The second kappa shape index (κ2) is 8.15. The number of aryl methyl sites for hydroxylation is 1.